The summed E-state index contributed by atoms with van der Waals surface area (Å²) in [6.07, 6.45) is 0.385. The van der Waals surface area contributed by atoms with E-state index in [0.29, 0.717) is 6.42 Å². The Morgan fingerprint density at radius 1 is 1.19 bits per heavy atom. The van der Waals surface area contributed by atoms with E-state index in [1.165, 1.54) is 0 Å². The van der Waals surface area contributed by atoms with E-state index in [4.69, 9.17) is 4.74 Å². The molecule has 0 radical (unpaired) electrons. The number of aryl methyl sites for hydroxylation is 1. The first-order valence-corrected chi connectivity index (χ1v) is 6.90. The maximum absolute atomic E-state index is 11.9. The molecular formula is C18H20O3. The maximum atomic E-state index is 11.9. The van der Waals surface area contributed by atoms with Crippen LogP contribution in [0.1, 0.15) is 23.6 Å². The normalized spacial score (nSPS) is 13.5. The molecule has 0 saturated carbocycles. The van der Waals surface area contributed by atoms with Gasteiger partial charge in [0.1, 0.15) is 5.75 Å². The second kappa shape index (κ2) is 6.00. The molecule has 2 rings (SSSR count). The minimum absolute atomic E-state index is 0.385. The number of hydrogen-bond donors (Lipinski definition) is 1. The molecule has 1 N–H and O–H groups in total. The van der Waals surface area contributed by atoms with Crippen LogP contribution in [0.2, 0.25) is 0 Å². The minimum atomic E-state index is -0.985. The van der Waals surface area contributed by atoms with E-state index >= 15 is 0 Å². The molecule has 0 fully saturated rings. The van der Waals surface area contributed by atoms with E-state index in [-0.39, 0.29) is 0 Å². The van der Waals surface area contributed by atoms with Gasteiger partial charge in [0.05, 0.1) is 12.5 Å². The van der Waals surface area contributed by atoms with Gasteiger partial charge in [-0.3, -0.25) is 4.79 Å². The zero-order valence-corrected chi connectivity index (χ0v) is 12.6. The van der Waals surface area contributed by atoms with Gasteiger partial charge in [0.15, 0.2) is 0 Å². The molecule has 0 heterocycles. The van der Waals surface area contributed by atoms with E-state index in [1.807, 2.05) is 55.5 Å². The first-order chi connectivity index (χ1) is 9.97. The molecule has 0 aromatic heterocycles. The SMILES string of the molecule is COc1ccccc1CC(C)(C(=O)O)c1cccc(C)c1. The standard InChI is InChI=1S/C18H20O3/c1-13-7-6-9-15(11-13)18(2,17(19)20)12-14-8-4-5-10-16(14)21-3/h4-11H,12H2,1-3H3,(H,19,20). The van der Waals surface area contributed by atoms with Crippen LogP contribution in [0.5, 0.6) is 5.75 Å². The van der Waals surface area contributed by atoms with Gasteiger partial charge in [-0.25, -0.2) is 0 Å². The lowest BCUT2D eigenvalue weighted by atomic mass is 9.77. The lowest BCUT2D eigenvalue weighted by molar-refractivity contribution is -0.143. The molecule has 0 spiro atoms. The van der Waals surface area contributed by atoms with Crippen LogP contribution in [0.15, 0.2) is 48.5 Å². The van der Waals surface area contributed by atoms with Crippen LogP contribution in [-0.4, -0.2) is 18.2 Å². The molecule has 1 unspecified atom stereocenters. The average Bonchev–Trinajstić information content (AvgIpc) is 2.47. The second-order valence-electron chi connectivity index (χ2n) is 5.50. The zero-order chi connectivity index (χ0) is 15.5. The molecule has 2 aromatic carbocycles. The predicted molar refractivity (Wildman–Crippen MR) is 82.9 cm³/mol. The molecule has 1 atom stereocenters. The molecule has 0 aliphatic carbocycles. The van der Waals surface area contributed by atoms with Crippen molar-refractivity contribution in [2.45, 2.75) is 25.7 Å². The molecule has 3 heteroatoms. The molecule has 0 aliphatic rings. The van der Waals surface area contributed by atoms with E-state index in [2.05, 4.69) is 0 Å². The third-order valence-electron chi connectivity index (χ3n) is 3.86. The molecule has 3 nitrogen and oxygen atoms in total. The largest absolute Gasteiger partial charge is 0.496 e. The third-order valence-corrected chi connectivity index (χ3v) is 3.86. The Hall–Kier alpha value is -2.29. The fourth-order valence-corrected chi connectivity index (χ4v) is 2.52. The molecule has 21 heavy (non-hydrogen) atoms. The first-order valence-electron chi connectivity index (χ1n) is 6.90. The Kier molecular flexibility index (Phi) is 4.32. The monoisotopic (exact) mass is 284 g/mol. The molecule has 0 amide bonds. The number of carboxylic acids is 1. The number of ether oxygens (including phenoxy) is 1. The lowest BCUT2D eigenvalue weighted by Crippen LogP contribution is -2.35. The van der Waals surface area contributed by atoms with Crippen molar-refractivity contribution < 1.29 is 14.6 Å². The van der Waals surface area contributed by atoms with Gasteiger partial charge < -0.3 is 9.84 Å². The predicted octanol–water partition coefficient (Wildman–Crippen LogP) is 3.59. The Balaban J connectivity index is 2.46. The van der Waals surface area contributed by atoms with Gasteiger partial charge in [0, 0.05) is 0 Å². The van der Waals surface area contributed by atoms with Gasteiger partial charge in [0.25, 0.3) is 0 Å². The van der Waals surface area contributed by atoms with Crippen molar-refractivity contribution in [1.29, 1.82) is 0 Å². The van der Waals surface area contributed by atoms with E-state index in [0.717, 1.165) is 22.4 Å². The summed E-state index contributed by atoms with van der Waals surface area (Å²) in [6.45, 7) is 3.73. The number of hydrogen-bond acceptors (Lipinski definition) is 2. The highest BCUT2D eigenvalue weighted by Gasteiger charge is 2.36. The number of methoxy groups -OCH3 is 1. The summed E-state index contributed by atoms with van der Waals surface area (Å²) >= 11 is 0. The summed E-state index contributed by atoms with van der Waals surface area (Å²) in [5.41, 5.74) is 1.77. The molecule has 0 bridgehead atoms. The summed E-state index contributed by atoms with van der Waals surface area (Å²) in [5.74, 6) is -0.114. The van der Waals surface area contributed by atoms with Crippen LogP contribution in [0.4, 0.5) is 0 Å². The quantitative estimate of drug-likeness (QED) is 0.912. The van der Waals surface area contributed by atoms with E-state index < -0.39 is 11.4 Å². The highest BCUT2D eigenvalue weighted by Crippen LogP contribution is 2.32. The summed E-state index contributed by atoms with van der Waals surface area (Å²) in [5, 5.41) is 9.76. The number of benzene rings is 2. The molecule has 0 aliphatic heterocycles. The number of aliphatic carboxylic acids is 1. The zero-order valence-electron chi connectivity index (χ0n) is 12.6. The topological polar surface area (TPSA) is 46.5 Å². The smallest absolute Gasteiger partial charge is 0.314 e. The van der Waals surface area contributed by atoms with Gasteiger partial charge in [-0.05, 0) is 37.5 Å². The Bertz CT molecular complexity index is 648. The fraction of sp³-hybridized carbons (Fsp3) is 0.278. The minimum Gasteiger partial charge on any atom is -0.496 e. The highest BCUT2D eigenvalue weighted by molar-refractivity contribution is 5.81. The third kappa shape index (κ3) is 3.07. The van der Waals surface area contributed by atoms with Crippen molar-refractivity contribution in [2.75, 3.05) is 7.11 Å². The number of carbonyl (C=O) groups is 1. The van der Waals surface area contributed by atoms with Crippen molar-refractivity contribution in [3.8, 4) is 5.75 Å². The molecule has 0 saturated heterocycles. The maximum Gasteiger partial charge on any atom is 0.314 e. The van der Waals surface area contributed by atoms with Gasteiger partial charge in [0.2, 0.25) is 0 Å². The van der Waals surface area contributed by atoms with Gasteiger partial charge in [-0.15, -0.1) is 0 Å². The van der Waals surface area contributed by atoms with Crippen molar-refractivity contribution >= 4 is 5.97 Å². The van der Waals surface area contributed by atoms with Crippen LogP contribution in [0.3, 0.4) is 0 Å². The Morgan fingerprint density at radius 2 is 1.90 bits per heavy atom. The number of carboxylic acid groups (broad SMARTS) is 1. The van der Waals surface area contributed by atoms with Crippen molar-refractivity contribution in [3.05, 3.63) is 65.2 Å². The molecule has 2 aromatic rings. The van der Waals surface area contributed by atoms with Crippen LogP contribution >= 0.6 is 0 Å². The fourth-order valence-electron chi connectivity index (χ4n) is 2.52. The van der Waals surface area contributed by atoms with E-state index in [1.54, 1.807) is 14.0 Å². The van der Waals surface area contributed by atoms with Gasteiger partial charge in [-0.2, -0.15) is 0 Å². The van der Waals surface area contributed by atoms with Crippen LogP contribution < -0.4 is 4.74 Å². The second-order valence-corrected chi connectivity index (χ2v) is 5.50. The van der Waals surface area contributed by atoms with Crippen molar-refractivity contribution in [2.24, 2.45) is 0 Å². The average molecular weight is 284 g/mol. The number of para-hydroxylation sites is 1. The molecular weight excluding hydrogens is 264 g/mol. The van der Waals surface area contributed by atoms with Gasteiger partial charge in [-0.1, -0.05) is 48.0 Å². The summed E-state index contributed by atoms with van der Waals surface area (Å²) in [4.78, 5) is 11.9. The summed E-state index contributed by atoms with van der Waals surface area (Å²) < 4.78 is 5.34. The summed E-state index contributed by atoms with van der Waals surface area (Å²) in [7, 11) is 1.60. The Morgan fingerprint density at radius 3 is 2.52 bits per heavy atom. The first kappa shape index (κ1) is 15.1. The van der Waals surface area contributed by atoms with Crippen molar-refractivity contribution in [1.82, 2.24) is 0 Å². The molecule has 110 valence electrons. The number of rotatable bonds is 5. The summed E-state index contributed by atoms with van der Waals surface area (Å²) in [6, 6.07) is 15.2. The van der Waals surface area contributed by atoms with E-state index in [9.17, 15) is 9.90 Å². The highest BCUT2D eigenvalue weighted by atomic mass is 16.5. The lowest BCUT2D eigenvalue weighted by Gasteiger charge is -2.26. The van der Waals surface area contributed by atoms with Crippen LogP contribution in [0, 0.1) is 6.92 Å². The van der Waals surface area contributed by atoms with Gasteiger partial charge >= 0.3 is 5.97 Å². The van der Waals surface area contributed by atoms with Crippen LogP contribution in [-0.2, 0) is 16.6 Å². The van der Waals surface area contributed by atoms with Crippen molar-refractivity contribution in [3.63, 3.8) is 0 Å². The Labute approximate surface area is 125 Å². The van der Waals surface area contributed by atoms with Crippen LogP contribution in [0.25, 0.3) is 0 Å².